The summed E-state index contributed by atoms with van der Waals surface area (Å²) in [6, 6.07) is 9.26. The number of pyridine rings is 2. The van der Waals surface area contributed by atoms with Crippen molar-refractivity contribution in [2.75, 3.05) is 0 Å². The van der Waals surface area contributed by atoms with Gasteiger partial charge < -0.3 is 5.32 Å². The molecule has 0 aromatic carbocycles. The van der Waals surface area contributed by atoms with Crippen molar-refractivity contribution in [3.8, 4) is 0 Å². The van der Waals surface area contributed by atoms with Gasteiger partial charge in [0.2, 0.25) is 0 Å². The third kappa shape index (κ3) is 3.13. The highest BCUT2D eigenvalue weighted by molar-refractivity contribution is 9.10. The Morgan fingerprint density at radius 1 is 1.33 bits per heavy atom. The fourth-order valence-electron chi connectivity index (χ4n) is 1.51. The molecule has 2 rings (SSSR count). The van der Waals surface area contributed by atoms with E-state index in [1.165, 1.54) is 0 Å². The van der Waals surface area contributed by atoms with E-state index >= 15 is 0 Å². The van der Waals surface area contributed by atoms with Crippen LogP contribution in [0.15, 0.2) is 41.0 Å². The monoisotopic (exact) mass is 305 g/mol. The standard InChI is InChI=1S/C13H12BrN3O/c1-9-4-2-5-10(17-9)8-16-13(18)12-11(14)6-3-7-15-12/h2-7H,8H2,1H3,(H,16,18). The van der Waals surface area contributed by atoms with Gasteiger partial charge in [-0.1, -0.05) is 6.07 Å². The third-order valence-electron chi connectivity index (χ3n) is 2.35. The normalized spacial score (nSPS) is 10.1. The smallest absolute Gasteiger partial charge is 0.271 e. The molecule has 2 heterocycles. The van der Waals surface area contributed by atoms with Crippen molar-refractivity contribution < 1.29 is 4.79 Å². The van der Waals surface area contributed by atoms with Gasteiger partial charge in [0.05, 0.1) is 12.2 Å². The van der Waals surface area contributed by atoms with E-state index < -0.39 is 0 Å². The van der Waals surface area contributed by atoms with Crippen molar-refractivity contribution in [2.45, 2.75) is 13.5 Å². The molecule has 0 spiro atoms. The van der Waals surface area contributed by atoms with E-state index in [-0.39, 0.29) is 5.91 Å². The first-order chi connectivity index (χ1) is 8.66. The fraction of sp³-hybridized carbons (Fsp3) is 0.154. The number of carbonyl (C=O) groups excluding carboxylic acids is 1. The Bertz CT molecular complexity index is 572. The van der Waals surface area contributed by atoms with Crippen LogP contribution in [0.4, 0.5) is 0 Å². The zero-order valence-electron chi connectivity index (χ0n) is 9.85. The molecule has 2 aromatic rings. The predicted molar refractivity (Wildman–Crippen MR) is 72.1 cm³/mol. The number of aromatic nitrogens is 2. The number of hydrogen-bond donors (Lipinski definition) is 1. The second-order valence-corrected chi connectivity index (χ2v) is 4.64. The zero-order valence-corrected chi connectivity index (χ0v) is 11.4. The average Bonchev–Trinajstić information content (AvgIpc) is 2.37. The fourth-order valence-corrected chi connectivity index (χ4v) is 1.94. The van der Waals surface area contributed by atoms with Gasteiger partial charge in [-0.25, -0.2) is 4.98 Å². The second-order valence-electron chi connectivity index (χ2n) is 3.79. The van der Waals surface area contributed by atoms with Crippen molar-refractivity contribution in [1.29, 1.82) is 0 Å². The molecular weight excluding hydrogens is 294 g/mol. The van der Waals surface area contributed by atoms with Crippen LogP contribution in [-0.2, 0) is 6.54 Å². The SMILES string of the molecule is Cc1cccc(CNC(=O)c2ncccc2Br)n1. The maximum atomic E-state index is 11.9. The summed E-state index contributed by atoms with van der Waals surface area (Å²) in [5, 5.41) is 2.79. The summed E-state index contributed by atoms with van der Waals surface area (Å²) in [5.74, 6) is -0.217. The molecule has 2 aromatic heterocycles. The van der Waals surface area contributed by atoms with Crippen molar-refractivity contribution in [3.63, 3.8) is 0 Å². The average molecular weight is 306 g/mol. The minimum absolute atomic E-state index is 0.217. The van der Waals surface area contributed by atoms with Gasteiger partial charge in [0.1, 0.15) is 5.69 Å². The zero-order chi connectivity index (χ0) is 13.0. The van der Waals surface area contributed by atoms with E-state index in [9.17, 15) is 4.79 Å². The van der Waals surface area contributed by atoms with E-state index in [1.807, 2.05) is 25.1 Å². The first kappa shape index (κ1) is 12.7. The van der Waals surface area contributed by atoms with E-state index in [0.29, 0.717) is 16.7 Å². The molecule has 0 saturated heterocycles. The maximum absolute atomic E-state index is 11.9. The molecule has 1 amide bonds. The summed E-state index contributed by atoms with van der Waals surface area (Å²) in [5.41, 5.74) is 2.14. The highest BCUT2D eigenvalue weighted by atomic mass is 79.9. The van der Waals surface area contributed by atoms with Gasteiger partial charge in [-0.3, -0.25) is 9.78 Å². The van der Waals surface area contributed by atoms with Crippen molar-refractivity contribution in [1.82, 2.24) is 15.3 Å². The van der Waals surface area contributed by atoms with Gasteiger partial charge in [0.15, 0.2) is 0 Å². The molecule has 0 aliphatic carbocycles. The van der Waals surface area contributed by atoms with Gasteiger partial charge in [0, 0.05) is 16.4 Å². The maximum Gasteiger partial charge on any atom is 0.271 e. The number of nitrogens with zero attached hydrogens (tertiary/aromatic N) is 2. The molecule has 18 heavy (non-hydrogen) atoms. The topological polar surface area (TPSA) is 54.9 Å². The molecule has 4 nitrogen and oxygen atoms in total. The quantitative estimate of drug-likeness (QED) is 0.948. The molecule has 92 valence electrons. The summed E-state index contributed by atoms with van der Waals surface area (Å²) in [6.07, 6.45) is 1.59. The summed E-state index contributed by atoms with van der Waals surface area (Å²) in [6.45, 7) is 2.31. The van der Waals surface area contributed by atoms with E-state index in [4.69, 9.17) is 0 Å². The number of amides is 1. The van der Waals surface area contributed by atoms with Crippen molar-refractivity contribution in [2.24, 2.45) is 0 Å². The van der Waals surface area contributed by atoms with Gasteiger partial charge in [-0.05, 0) is 47.1 Å². The van der Waals surface area contributed by atoms with Gasteiger partial charge >= 0.3 is 0 Å². The molecule has 0 fully saturated rings. The molecule has 0 aliphatic rings. The lowest BCUT2D eigenvalue weighted by Gasteiger charge is -2.06. The van der Waals surface area contributed by atoms with Crippen molar-refractivity contribution >= 4 is 21.8 Å². The van der Waals surface area contributed by atoms with E-state index in [2.05, 4.69) is 31.2 Å². The minimum Gasteiger partial charge on any atom is -0.345 e. The Morgan fingerprint density at radius 3 is 2.89 bits per heavy atom. The van der Waals surface area contributed by atoms with E-state index in [0.717, 1.165) is 11.4 Å². The highest BCUT2D eigenvalue weighted by Gasteiger charge is 2.10. The van der Waals surface area contributed by atoms with Crippen LogP contribution in [0.1, 0.15) is 21.9 Å². The second kappa shape index (κ2) is 5.73. The van der Waals surface area contributed by atoms with Crippen LogP contribution in [0.3, 0.4) is 0 Å². The largest absolute Gasteiger partial charge is 0.345 e. The van der Waals surface area contributed by atoms with Crippen LogP contribution >= 0.6 is 15.9 Å². The molecule has 0 saturated carbocycles. The molecule has 0 atom stereocenters. The minimum atomic E-state index is -0.217. The van der Waals surface area contributed by atoms with E-state index in [1.54, 1.807) is 18.3 Å². The molecule has 0 radical (unpaired) electrons. The van der Waals surface area contributed by atoms with Crippen molar-refractivity contribution in [3.05, 3.63) is 58.1 Å². The van der Waals surface area contributed by atoms with Crippen LogP contribution < -0.4 is 5.32 Å². The Morgan fingerprint density at radius 2 is 2.17 bits per heavy atom. The van der Waals surface area contributed by atoms with Gasteiger partial charge in [0.25, 0.3) is 5.91 Å². The van der Waals surface area contributed by atoms with Crippen LogP contribution in [0.5, 0.6) is 0 Å². The molecule has 0 unspecified atom stereocenters. The Hall–Kier alpha value is -1.75. The van der Waals surface area contributed by atoms with Crippen LogP contribution in [0.25, 0.3) is 0 Å². The number of rotatable bonds is 3. The Balaban J connectivity index is 2.03. The number of hydrogen-bond acceptors (Lipinski definition) is 3. The summed E-state index contributed by atoms with van der Waals surface area (Å²) >= 11 is 3.30. The number of aryl methyl sites for hydroxylation is 1. The number of nitrogens with one attached hydrogen (secondary N) is 1. The Kier molecular flexibility index (Phi) is 4.04. The summed E-state index contributed by atoms with van der Waals surface area (Å²) in [7, 11) is 0. The number of carbonyl (C=O) groups is 1. The molecule has 0 aliphatic heterocycles. The lowest BCUT2D eigenvalue weighted by Crippen LogP contribution is -2.24. The predicted octanol–water partition coefficient (Wildman–Crippen LogP) is 2.48. The first-order valence-corrected chi connectivity index (χ1v) is 6.27. The molecule has 5 heteroatoms. The van der Waals surface area contributed by atoms with Gasteiger partial charge in [-0.15, -0.1) is 0 Å². The summed E-state index contributed by atoms with van der Waals surface area (Å²) in [4.78, 5) is 20.2. The third-order valence-corrected chi connectivity index (χ3v) is 2.99. The Labute approximate surface area is 114 Å². The molecule has 0 bridgehead atoms. The van der Waals surface area contributed by atoms with Crippen LogP contribution in [0, 0.1) is 6.92 Å². The first-order valence-electron chi connectivity index (χ1n) is 5.48. The number of halogens is 1. The lowest BCUT2D eigenvalue weighted by molar-refractivity contribution is 0.0944. The molecule has 1 N–H and O–H groups in total. The molecular formula is C13H12BrN3O. The highest BCUT2D eigenvalue weighted by Crippen LogP contribution is 2.12. The summed E-state index contributed by atoms with van der Waals surface area (Å²) < 4.78 is 0.680. The lowest BCUT2D eigenvalue weighted by atomic mass is 10.3. The van der Waals surface area contributed by atoms with Crippen LogP contribution in [-0.4, -0.2) is 15.9 Å². The van der Waals surface area contributed by atoms with Crippen LogP contribution in [0.2, 0.25) is 0 Å². The van der Waals surface area contributed by atoms with Gasteiger partial charge in [-0.2, -0.15) is 0 Å².